The molecule has 32 heavy (non-hydrogen) atoms. The lowest BCUT2D eigenvalue weighted by Gasteiger charge is -2.63. The van der Waals surface area contributed by atoms with Gasteiger partial charge in [0.25, 0.3) is 0 Å². The SMILES string of the molecule is C[C@H](CCCC(CO)CO)[C@H]1CC[C@H]2[C@H]3[C@H](O)C[C@@H]4C[C@H](O)CC[C@]4(C)[C@H]3C[C@H](O)[C@@]12C. The van der Waals surface area contributed by atoms with Gasteiger partial charge in [-0.3, -0.25) is 0 Å². The highest BCUT2D eigenvalue weighted by atomic mass is 16.3. The van der Waals surface area contributed by atoms with E-state index in [9.17, 15) is 25.5 Å². The summed E-state index contributed by atoms with van der Waals surface area (Å²) in [5.41, 5.74) is -0.0228. The summed E-state index contributed by atoms with van der Waals surface area (Å²) in [4.78, 5) is 0. The van der Waals surface area contributed by atoms with Gasteiger partial charge < -0.3 is 25.5 Å². The van der Waals surface area contributed by atoms with Crippen LogP contribution in [0.5, 0.6) is 0 Å². The lowest BCUT2D eigenvalue weighted by Crippen LogP contribution is -2.62. The van der Waals surface area contributed by atoms with Crippen LogP contribution in [0.1, 0.15) is 85.0 Å². The van der Waals surface area contributed by atoms with E-state index in [-0.39, 0.29) is 54.2 Å². The van der Waals surface area contributed by atoms with Crippen molar-refractivity contribution in [3.8, 4) is 0 Å². The van der Waals surface area contributed by atoms with Gasteiger partial charge in [-0.2, -0.15) is 0 Å². The van der Waals surface area contributed by atoms with E-state index in [2.05, 4.69) is 20.8 Å². The number of rotatable bonds is 7. The minimum absolute atomic E-state index is 0.0183. The summed E-state index contributed by atoms with van der Waals surface area (Å²) < 4.78 is 0. The smallest absolute Gasteiger partial charge is 0.0602 e. The molecule has 0 unspecified atom stereocenters. The molecule has 5 N–H and O–H groups in total. The molecule has 4 aliphatic carbocycles. The van der Waals surface area contributed by atoms with E-state index in [1.165, 1.54) is 0 Å². The van der Waals surface area contributed by atoms with Crippen LogP contribution < -0.4 is 0 Å². The summed E-state index contributed by atoms with van der Waals surface area (Å²) in [7, 11) is 0. The highest BCUT2D eigenvalue weighted by Gasteiger charge is 2.65. The molecule has 4 saturated carbocycles. The topological polar surface area (TPSA) is 101 Å². The molecular weight excluding hydrogens is 404 g/mol. The van der Waals surface area contributed by atoms with Crippen LogP contribution in [-0.4, -0.2) is 57.1 Å². The number of hydrogen-bond donors (Lipinski definition) is 5. The molecule has 0 saturated heterocycles. The number of fused-ring (bicyclic) bond motifs is 5. The standard InChI is InChI=1S/C27H48O5/c1-16(5-4-6-17(14-28)15-29)20-7-8-21-25-22(13-24(32)27(20,21)3)26(2)10-9-19(30)11-18(26)12-23(25)31/h16-25,28-32H,4-15H2,1-3H3/t16-,18+,19-,20-,21+,22+,23-,24+,25-,26+,27+/m1/s1. The highest BCUT2D eigenvalue weighted by Crippen LogP contribution is 2.68. The van der Waals surface area contributed by atoms with Gasteiger partial charge in [0, 0.05) is 19.1 Å². The van der Waals surface area contributed by atoms with Gasteiger partial charge >= 0.3 is 0 Å². The van der Waals surface area contributed by atoms with Gasteiger partial charge in [0.05, 0.1) is 18.3 Å². The molecule has 4 fully saturated rings. The van der Waals surface area contributed by atoms with Crippen molar-refractivity contribution < 1.29 is 25.5 Å². The molecule has 0 aromatic carbocycles. The van der Waals surface area contributed by atoms with Crippen LogP contribution >= 0.6 is 0 Å². The lowest BCUT2D eigenvalue weighted by atomic mass is 9.43. The Kier molecular flexibility index (Phi) is 7.36. The zero-order valence-corrected chi connectivity index (χ0v) is 20.5. The Balaban J connectivity index is 1.50. The quantitative estimate of drug-likeness (QED) is 0.408. The van der Waals surface area contributed by atoms with E-state index < -0.39 is 0 Å². The minimum Gasteiger partial charge on any atom is -0.396 e. The second-order valence-electron chi connectivity index (χ2n) is 12.7. The minimum atomic E-state index is -0.332. The molecule has 4 aliphatic rings. The fraction of sp³-hybridized carbons (Fsp3) is 1.00. The maximum absolute atomic E-state index is 11.6. The van der Waals surface area contributed by atoms with Crippen molar-refractivity contribution in [3.05, 3.63) is 0 Å². The van der Waals surface area contributed by atoms with Crippen LogP contribution in [0.25, 0.3) is 0 Å². The van der Waals surface area contributed by atoms with E-state index in [0.717, 1.165) is 64.2 Å². The fourth-order valence-electron chi connectivity index (χ4n) is 9.30. The van der Waals surface area contributed by atoms with E-state index in [1.807, 2.05) is 0 Å². The number of hydrogen-bond acceptors (Lipinski definition) is 5. The number of aliphatic hydroxyl groups is 5. The highest BCUT2D eigenvalue weighted by molar-refractivity contribution is 5.14. The van der Waals surface area contributed by atoms with Crippen molar-refractivity contribution >= 4 is 0 Å². The van der Waals surface area contributed by atoms with Crippen molar-refractivity contribution in [1.29, 1.82) is 0 Å². The largest absolute Gasteiger partial charge is 0.396 e. The second-order valence-corrected chi connectivity index (χ2v) is 12.7. The van der Waals surface area contributed by atoms with Crippen LogP contribution in [0.3, 0.4) is 0 Å². The van der Waals surface area contributed by atoms with Crippen LogP contribution in [0.2, 0.25) is 0 Å². The van der Waals surface area contributed by atoms with Gasteiger partial charge in [0.2, 0.25) is 0 Å². The maximum atomic E-state index is 11.6. The average Bonchev–Trinajstić information content (AvgIpc) is 3.12. The first-order chi connectivity index (χ1) is 15.2. The molecule has 0 bridgehead atoms. The van der Waals surface area contributed by atoms with E-state index in [0.29, 0.717) is 29.6 Å². The predicted octanol–water partition coefficient (Wildman–Crippen LogP) is 3.36. The zero-order valence-electron chi connectivity index (χ0n) is 20.5. The van der Waals surface area contributed by atoms with Crippen LogP contribution in [0, 0.1) is 52.3 Å². The molecule has 5 heteroatoms. The Hall–Kier alpha value is -0.200. The number of aliphatic hydroxyl groups excluding tert-OH is 5. The third kappa shape index (κ3) is 3.98. The molecule has 0 spiro atoms. The second kappa shape index (κ2) is 9.45. The van der Waals surface area contributed by atoms with Crippen LogP contribution in [-0.2, 0) is 0 Å². The van der Waals surface area contributed by atoms with Gasteiger partial charge in [-0.25, -0.2) is 0 Å². The van der Waals surface area contributed by atoms with Crippen molar-refractivity contribution in [2.45, 2.75) is 103 Å². The summed E-state index contributed by atoms with van der Waals surface area (Å²) in [5, 5.41) is 52.0. The molecule has 5 nitrogen and oxygen atoms in total. The van der Waals surface area contributed by atoms with E-state index in [4.69, 9.17) is 0 Å². The average molecular weight is 453 g/mol. The first kappa shape index (κ1) is 24.9. The third-order valence-electron chi connectivity index (χ3n) is 11.3. The van der Waals surface area contributed by atoms with Crippen LogP contribution in [0.4, 0.5) is 0 Å². The molecular formula is C27H48O5. The van der Waals surface area contributed by atoms with E-state index >= 15 is 0 Å². The molecule has 4 rings (SSSR count). The van der Waals surface area contributed by atoms with Crippen molar-refractivity contribution in [2.24, 2.45) is 52.3 Å². The predicted molar refractivity (Wildman–Crippen MR) is 125 cm³/mol. The van der Waals surface area contributed by atoms with Gasteiger partial charge in [0.15, 0.2) is 0 Å². The van der Waals surface area contributed by atoms with Gasteiger partial charge in [0.1, 0.15) is 0 Å². The van der Waals surface area contributed by atoms with Crippen LogP contribution in [0.15, 0.2) is 0 Å². The molecule has 0 radical (unpaired) electrons. The van der Waals surface area contributed by atoms with Crippen molar-refractivity contribution in [1.82, 2.24) is 0 Å². The van der Waals surface area contributed by atoms with Gasteiger partial charge in [-0.1, -0.05) is 33.6 Å². The third-order valence-corrected chi connectivity index (χ3v) is 11.3. The Bertz CT molecular complexity index is 638. The Morgan fingerprint density at radius 2 is 1.59 bits per heavy atom. The molecule has 0 aliphatic heterocycles. The fourth-order valence-corrected chi connectivity index (χ4v) is 9.30. The lowest BCUT2D eigenvalue weighted by molar-refractivity contribution is -0.207. The molecule has 0 aromatic heterocycles. The maximum Gasteiger partial charge on any atom is 0.0602 e. The molecule has 0 aromatic rings. The first-order valence-electron chi connectivity index (χ1n) is 13.4. The summed E-state index contributed by atoms with van der Waals surface area (Å²) in [6.45, 7) is 7.11. The molecule has 0 heterocycles. The summed E-state index contributed by atoms with van der Waals surface area (Å²) in [5.74, 6) is 2.27. The molecule has 0 amide bonds. The zero-order chi connectivity index (χ0) is 23.3. The Morgan fingerprint density at radius 3 is 2.28 bits per heavy atom. The van der Waals surface area contributed by atoms with Crippen molar-refractivity contribution in [2.75, 3.05) is 13.2 Å². The van der Waals surface area contributed by atoms with E-state index in [1.54, 1.807) is 0 Å². The first-order valence-corrected chi connectivity index (χ1v) is 13.4. The summed E-state index contributed by atoms with van der Waals surface area (Å²) in [6.07, 6.45) is 8.51. The monoisotopic (exact) mass is 452 g/mol. The van der Waals surface area contributed by atoms with Gasteiger partial charge in [-0.05, 0) is 97.7 Å². The normalized spacial score (nSPS) is 49.4. The van der Waals surface area contributed by atoms with Crippen molar-refractivity contribution in [3.63, 3.8) is 0 Å². The summed E-state index contributed by atoms with van der Waals surface area (Å²) >= 11 is 0. The Morgan fingerprint density at radius 1 is 0.875 bits per heavy atom. The van der Waals surface area contributed by atoms with Gasteiger partial charge in [-0.15, -0.1) is 0 Å². The summed E-state index contributed by atoms with van der Waals surface area (Å²) in [6, 6.07) is 0. The Labute approximate surface area is 194 Å². The molecule has 186 valence electrons. The molecule has 11 atom stereocenters.